The maximum Gasteiger partial charge on any atom is 0.348 e. The molecule has 0 saturated heterocycles. The Hall–Kier alpha value is -2.01. The fourth-order valence-electron chi connectivity index (χ4n) is 4.02. The lowest BCUT2D eigenvalue weighted by Crippen LogP contribution is -2.42. The lowest BCUT2D eigenvalue weighted by Gasteiger charge is -2.27. The van der Waals surface area contributed by atoms with Crippen LogP contribution in [0.15, 0.2) is 36.4 Å². The summed E-state index contributed by atoms with van der Waals surface area (Å²) in [6, 6.07) is 12.0. The SMILES string of the molecule is CCCCC[C@H](O)c1ccc(N(C)[C@H](C)CCCc2ccc(C(=O)OC[C@@H](O)[C@@H](O)[C@H](O)CO)s2)cc1. The van der Waals surface area contributed by atoms with E-state index in [0.29, 0.717) is 10.9 Å². The first-order valence-corrected chi connectivity index (χ1v) is 13.9. The Balaban J connectivity index is 1.77. The van der Waals surface area contributed by atoms with Crippen molar-refractivity contribution in [1.82, 2.24) is 0 Å². The van der Waals surface area contributed by atoms with Crippen molar-refractivity contribution in [3.8, 4) is 0 Å². The highest BCUT2D eigenvalue weighted by molar-refractivity contribution is 7.13. The van der Waals surface area contributed by atoms with E-state index in [1.807, 2.05) is 18.2 Å². The van der Waals surface area contributed by atoms with E-state index in [0.717, 1.165) is 61.1 Å². The van der Waals surface area contributed by atoms with Gasteiger partial charge >= 0.3 is 5.97 Å². The Labute approximate surface area is 224 Å². The predicted octanol–water partition coefficient (Wildman–Crippen LogP) is 3.44. The number of benzene rings is 1. The Morgan fingerprint density at radius 3 is 2.32 bits per heavy atom. The molecule has 208 valence electrons. The molecule has 8 nitrogen and oxygen atoms in total. The topological polar surface area (TPSA) is 131 Å². The molecule has 0 spiro atoms. The molecule has 5 atom stereocenters. The third-order valence-electron chi connectivity index (χ3n) is 6.70. The van der Waals surface area contributed by atoms with Crippen LogP contribution in [-0.2, 0) is 11.2 Å². The van der Waals surface area contributed by atoms with E-state index >= 15 is 0 Å². The normalized spacial score (nSPS) is 15.6. The van der Waals surface area contributed by atoms with Crippen LogP contribution in [0.3, 0.4) is 0 Å². The average molecular weight is 538 g/mol. The molecule has 2 rings (SSSR count). The van der Waals surface area contributed by atoms with Crippen LogP contribution in [0.5, 0.6) is 0 Å². The number of nitrogens with zero attached hydrogens (tertiary/aromatic N) is 1. The predicted molar refractivity (Wildman–Crippen MR) is 146 cm³/mol. The summed E-state index contributed by atoms with van der Waals surface area (Å²) >= 11 is 1.33. The zero-order valence-corrected chi connectivity index (χ0v) is 22.9. The van der Waals surface area contributed by atoms with Crippen molar-refractivity contribution in [2.24, 2.45) is 0 Å². The zero-order valence-electron chi connectivity index (χ0n) is 22.1. The first-order valence-electron chi connectivity index (χ1n) is 13.1. The largest absolute Gasteiger partial charge is 0.459 e. The first-order chi connectivity index (χ1) is 17.7. The summed E-state index contributed by atoms with van der Waals surface area (Å²) < 4.78 is 5.04. The van der Waals surface area contributed by atoms with Crippen LogP contribution in [0.4, 0.5) is 5.69 Å². The number of thiophene rings is 1. The Kier molecular flexibility index (Phi) is 13.5. The van der Waals surface area contributed by atoms with Gasteiger partial charge in [-0.25, -0.2) is 4.79 Å². The summed E-state index contributed by atoms with van der Waals surface area (Å²) in [6.45, 7) is 3.15. The standard InChI is InChI=1S/C28H43NO7S/c1-4-5-6-10-23(31)20-11-13-21(14-12-20)29(3)19(2)8-7-9-22-15-16-26(37-22)28(35)36-18-25(33)27(34)24(32)17-30/h11-16,19,23-25,27,30-34H,4-10,17-18H2,1-3H3/t19-,23+,24-,25-,27+/m1/s1. The summed E-state index contributed by atoms with van der Waals surface area (Å²) in [7, 11) is 2.07. The van der Waals surface area contributed by atoms with Gasteiger partial charge in [-0.2, -0.15) is 0 Å². The fourth-order valence-corrected chi connectivity index (χ4v) is 4.97. The number of unbranched alkanes of at least 4 members (excludes halogenated alkanes) is 2. The second-order valence-electron chi connectivity index (χ2n) is 9.63. The molecule has 0 amide bonds. The number of aliphatic hydroxyl groups excluding tert-OH is 5. The number of hydrogen-bond donors (Lipinski definition) is 5. The highest BCUT2D eigenvalue weighted by Crippen LogP contribution is 2.25. The van der Waals surface area contributed by atoms with Crippen molar-refractivity contribution >= 4 is 23.0 Å². The summed E-state index contributed by atoms with van der Waals surface area (Å²) in [5.74, 6) is -0.604. The van der Waals surface area contributed by atoms with Crippen molar-refractivity contribution in [1.29, 1.82) is 0 Å². The van der Waals surface area contributed by atoms with Crippen molar-refractivity contribution in [3.05, 3.63) is 51.7 Å². The van der Waals surface area contributed by atoms with Gasteiger partial charge in [0.2, 0.25) is 0 Å². The molecule has 0 aliphatic heterocycles. The van der Waals surface area contributed by atoms with Gasteiger partial charge in [0.1, 0.15) is 29.8 Å². The minimum Gasteiger partial charge on any atom is -0.459 e. The van der Waals surface area contributed by atoms with E-state index in [1.165, 1.54) is 11.3 Å². The highest BCUT2D eigenvalue weighted by atomic mass is 32.1. The molecule has 37 heavy (non-hydrogen) atoms. The molecule has 1 aromatic carbocycles. The molecule has 0 bridgehead atoms. The molecule has 1 heterocycles. The van der Waals surface area contributed by atoms with Crippen molar-refractivity contribution < 1.29 is 35.1 Å². The summed E-state index contributed by atoms with van der Waals surface area (Å²) in [4.78, 5) is 15.9. The number of carbonyl (C=O) groups excluding carboxylic acids is 1. The maximum absolute atomic E-state index is 12.2. The minimum absolute atomic E-state index is 0.312. The molecule has 1 aromatic heterocycles. The van der Waals surface area contributed by atoms with E-state index < -0.39 is 43.6 Å². The number of aliphatic hydroxyl groups is 5. The van der Waals surface area contributed by atoms with E-state index in [9.17, 15) is 25.2 Å². The van der Waals surface area contributed by atoms with E-state index in [2.05, 4.69) is 37.9 Å². The molecule has 0 saturated carbocycles. The van der Waals surface area contributed by atoms with Gasteiger partial charge < -0.3 is 35.2 Å². The third-order valence-corrected chi connectivity index (χ3v) is 7.82. The number of hydrogen-bond acceptors (Lipinski definition) is 9. The Morgan fingerprint density at radius 2 is 1.68 bits per heavy atom. The average Bonchev–Trinajstić information content (AvgIpc) is 3.39. The molecule has 0 radical (unpaired) electrons. The van der Waals surface area contributed by atoms with Gasteiger partial charge in [0.15, 0.2) is 0 Å². The Bertz CT molecular complexity index is 920. The third kappa shape index (κ3) is 10.00. The molecule has 0 unspecified atom stereocenters. The number of rotatable bonds is 17. The van der Waals surface area contributed by atoms with Crippen LogP contribution in [-0.4, -0.2) is 76.1 Å². The van der Waals surface area contributed by atoms with Gasteiger partial charge in [-0.15, -0.1) is 11.3 Å². The van der Waals surface area contributed by atoms with Crippen LogP contribution in [0.25, 0.3) is 0 Å². The minimum atomic E-state index is -1.60. The second kappa shape index (κ2) is 16.1. The van der Waals surface area contributed by atoms with Crippen LogP contribution in [0.2, 0.25) is 0 Å². The second-order valence-corrected chi connectivity index (χ2v) is 10.8. The van der Waals surface area contributed by atoms with Gasteiger partial charge in [0, 0.05) is 23.7 Å². The van der Waals surface area contributed by atoms with E-state index in [1.54, 1.807) is 6.07 Å². The van der Waals surface area contributed by atoms with Crippen molar-refractivity contribution in [2.45, 2.75) is 89.3 Å². The molecule has 5 N–H and O–H groups in total. The monoisotopic (exact) mass is 537 g/mol. The van der Waals surface area contributed by atoms with Crippen LogP contribution >= 0.6 is 11.3 Å². The van der Waals surface area contributed by atoms with Gasteiger partial charge in [-0.05, 0) is 62.4 Å². The number of anilines is 1. The molecule has 0 fully saturated rings. The molecule has 9 heteroatoms. The summed E-state index contributed by atoms with van der Waals surface area (Å²) in [5.41, 5.74) is 2.07. The fraction of sp³-hybridized carbons (Fsp3) is 0.607. The Morgan fingerprint density at radius 1 is 0.973 bits per heavy atom. The summed E-state index contributed by atoms with van der Waals surface area (Å²) in [6.07, 6.45) is 1.84. The van der Waals surface area contributed by atoms with Crippen molar-refractivity contribution in [3.63, 3.8) is 0 Å². The van der Waals surface area contributed by atoms with Crippen LogP contribution in [0, 0.1) is 0 Å². The lowest BCUT2D eigenvalue weighted by molar-refractivity contribution is -0.0925. The van der Waals surface area contributed by atoms with Crippen molar-refractivity contribution in [2.75, 3.05) is 25.2 Å². The van der Waals surface area contributed by atoms with E-state index in [-0.39, 0.29) is 0 Å². The lowest BCUT2D eigenvalue weighted by atomic mass is 10.0. The number of carbonyl (C=O) groups is 1. The number of ether oxygens (including phenoxy) is 1. The van der Waals surface area contributed by atoms with Crippen LogP contribution < -0.4 is 4.90 Å². The highest BCUT2D eigenvalue weighted by Gasteiger charge is 2.25. The van der Waals surface area contributed by atoms with E-state index in [4.69, 9.17) is 9.84 Å². The molecule has 0 aliphatic rings. The first kappa shape index (κ1) is 31.2. The molecule has 2 aromatic rings. The van der Waals surface area contributed by atoms with Gasteiger partial charge in [-0.3, -0.25) is 0 Å². The molecular weight excluding hydrogens is 494 g/mol. The molecular formula is C28H43NO7S. The van der Waals surface area contributed by atoms with Crippen LogP contribution in [0.1, 0.15) is 78.6 Å². The van der Waals surface area contributed by atoms with Gasteiger partial charge in [-0.1, -0.05) is 38.3 Å². The van der Waals surface area contributed by atoms with Gasteiger partial charge in [0.25, 0.3) is 0 Å². The van der Waals surface area contributed by atoms with Gasteiger partial charge in [0.05, 0.1) is 12.7 Å². The quantitative estimate of drug-likeness (QED) is 0.153. The molecule has 0 aliphatic carbocycles. The zero-order chi connectivity index (χ0) is 27.4. The number of aryl methyl sites for hydroxylation is 1. The smallest absolute Gasteiger partial charge is 0.348 e. The summed E-state index contributed by atoms with van der Waals surface area (Å²) in [5, 5.41) is 48.0. The number of esters is 1. The maximum atomic E-state index is 12.2.